The predicted octanol–water partition coefficient (Wildman–Crippen LogP) is 4.80. The molecule has 1 unspecified atom stereocenters. The molecule has 0 spiro atoms. The standard InChI is InChI=1S/C25H25FN4.C2H4O2/c1-29-10-12-30(13-11-29)25(18-2-5-23(26)6-3-18)22-15-21(16-27-17-22)19-4-7-24-20(14-19)8-9-28-24;1-2(3)4/h2-9,14-17,25,28H,10-13H2,1H3;1H3,(H,3,4). The number of likely N-dealkylation sites (N-methyl/N-ethyl adjacent to an activating group) is 1. The summed E-state index contributed by atoms with van der Waals surface area (Å²) in [4.78, 5) is 21.6. The van der Waals surface area contributed by atoms with Crippen LogP contribution in [0.15, 0.2) is 73.2 Å². The van der Waals surface area contributed by atoms with Gasteiger partial charge in [-0.15, -0.1) is 0 Å². The van der Waals surface area contributed by atoms with Crippen LogP contribution in [0.3, 0.4) is 0 Å². The number of aromatic amines is 1. The van der Waals surface area contributed by atoms with Crippen LogP contribution < -0.4 is 0 Å². The van der Waals surface area contributed by atoms with Gasteiger partial charge in [-0.05, 0) is 65.5 Å². The fourth-order valence-corrected chi connectivity index (χ4v) is 4.34. The number of aromatic nitrogens is 2. The van der Waals surface area contributed by atoms with Crippen LogP contribution in [0.2, 0.25) is 0 Å². The minimum atomic E-state index is -0.833. The number of halogens is 1. The van der Waals surface area contributed by atoms with Crippen molar-refractivity contribution >= 4 is 16.9 Å². The van der Waals surface area contributed by atoms with Gasteiger partial charge in [0.15, 0.2) is 0 Å². The Morgan fingerprint density at radius 3 is 2.38 bits per heavy atom. The zero-order valence-corrected chi connectivity index (χ0v) is 19.4. The minimum absolute atomic E-state index is 0.0581. The zero-order chi connectivity index (χ0) is 24.1. The summed E-state index contributed by atoms with van der Waals surface area (Å²) in [5.74, 6) is -1.04. The van der Waals surface area contributed by atoms with E-state index in [0.717, 1.165) is 60.9 Å². The highest BCUT2D eigenvalue weighted by Gasteiger charge is 2.26. The molecule has 1 aliphatic rings. The van der Waals surface area contributed by atoms with Gasteiger partial charge in [-0.1, -0.05) is 18.2 Å². The summed E-state index contributed by atoms with van der Waals surface area (Å²) in [5, 5.41) is 8.60. The van der Waals surface area contributed by atoms with Gasteiger partial charge in [0.05, 0.1) is 6.04 Å². The Kier molecular flexibility index (Phi) is 7.35. The fraction of sp³-hybridized carbons (Fsp3) is 0.259. The van der Waals surface area contributed by atoms with Gasteiger partial charge in [0, 0.05) is 62.8 Å². The third-order valence-electron chi connectivity index (χ3n) is 6.05. The zero-order valence-electron chi connectivity index (χ0n) is 19.4. The van der Waals surface area contributed by atoms with E-state index in [0.29, 0.717) is 0 Å². The monoisotopic (exact) mass is 460 g/mol. The molecule has 2 N–H and O–H groups in total. The number of rotatable bonds is 4. The smallest absolute Gasteiger partial charge is 0.300 e. The van der Waals surface area contributed by atoms with Crippen LogP contribution in [0.5, 0.6) is 0 Å². The van der Waals surface area contributed by atoms with Crippen molar-refractivity contribution in [1.82, 2.24) is 19.8 Å². The predicted molar refractivity (Wildman–Crippen MR) is 132 cm³/mol. The number of nitrogens with zero attached hydrogens (tertiary/aromatic N) is 3. The molecule has 1 aliphatic heterocycles. The highest BCUT2D eigenvalue weighted by Crippen LogP contribution is 2.32. The number of H-pyrrole nitrogens is 1. The molecule has 2 aromatic carbocycles. The van der Waals surface area contributed by atoms with Gasteiger partial charge in [-0.3, -0.25) is 14.7 Å². The normalized spacial score (nSPS) is 15.5. The quantitative estimate of drug-likeness (QED) is 0.458. The van der Waals surface area contributed by atoms with Gasteiger partial charge in [-0.2, -0.15) is 0 Å². The molecule has 3 heterocycles. The second kappa shape index (κ2) is 10.6. The summed E-state index contributed by atoms with van der Waals surface area (Å²) in [6.45, 7) is 5.07. The summed E-state index contributed by atoms with van der Waals surface area (Å²) in [5.41, 5.74) is 5.60. The lowest BCUT2D eigenvalue weighted by molar-refractivity contribution is -0.134. The van der Waals surface area contributed by atoms with Crippen LogP contribution in [-0.2, 0) is 4.79 Å². The molecule has 4 aromatic rings. The van der Waals surface area contributed by atoms with E-state index in [2.05, 4.69) is 57.1 Å². The molecular weight excluding hydrogens is 431 g/mol. The Bertz CT molecular complexity index is 1240. The molecule has 0 saturated carbocycles. The van der Waals surface area contributed by atoms with Crippen LogP contribution in [0.4, 0.5) is 4.39 Å². The average Bonchev–Trinajstić information content (AvgIpc) is 3.30. The van der Waals surface area contributed by atoms with Crippen molar-refractivity contribution in [1.29, 1.82) is 0 Å². The number of pyridine rings is 1. The third-order valence-corrected chi connectivity index (χ3v) is 6.05. The summed E-state index contributed by atoms with van der Waals surface area (Å²) in [7, 11) is 2.16. The van der Waals surface area contributed by atoms with Crippen LogP contribution in [0.25, 0.3) is 22.0 Å². The van der Waals surface area contributed by atoms with Crippen molar-refractivity contribution in [3.05, 3.63) is 90.1 Å². The number of benzene rings is 2. The number of hydrogen-bond acceptors (Lipinski definition) is 4. The van der Waals surface area contributed by atoms with E-state index in [-0.39, 0.29) is 11.9 Å². The molecule has 0 bridgehead atoms. The van der Waals surface area contributed by atoms with Crippen LogP contribution in [-0.4, -0.2) is 64.1 Å². The van der Waals surface area contributed by atoms with Gasteiger partial charge in [0.1, 0.15) is 5.82 Å². The molecule has 176 valence electrons. The van der Waals surface area contributed by atoms with Crippen LogP contribution in [0.1, 0.15) is 24.1 Å². The van der Waals surface area contributed by atoms with E-state index in [1.54, 1.807) is 12.1 Å². The molecule has 6 nitrogen and oxygen atoms in total. The van der Waals surface area contributed by atoms with Crippen molar-refractivity contribution in [3.8, 4) is 11.1 Å². The average molecular weight is 461 g/mol. The first-order chi connectivity index (χ1) is 16.4. The molecule has 0 amide bonds. The third kappa shape index (κ3) is 5.68. The van der Waals surface area contributed by atoms with Gasteiger partial charge in [-0.25, -0.2) is 4.39 Å². The lowest BCUT2D eigenvalue weighted by Gasteiger charge is -2.38. The summed E-state index contributed by atoms with van der Waals surface area (Å²) in [6, 6.07) is 17.7. The van der Waals surface area contributed by atoms with Crippen molar-refractivity contribution in [2.75, 3.05) is 33.2 Å². The molecule has 5 rings (SSSR count). The second-order valence-corrected chi connectivity index (χ2v) is 8.60. The molecule has 1 saturated heterocycles. The first kappa shape index (κ1) is 23.6. The number of carboxylic acid groups (broad SMARTS) is 1. The number of hydrogen-bond donors (Lipinski definition) is 2. The van der Waals surface area contributed by atoms with E-state index in [1.807, 2.05) is 30.7 Å². The molecular formula is C27H29FN4O2. The molecule has 1 fully saturated rings. The van der Waals surface area contributed by atoms with E-state index in [9.17, 15) is 4.39 Å². The van der Waals surface area contributed by atoms with Crippen LogP contribution >= 0.6 is 0 Å². The Morgan fingerprint density at radius 1 is 0.971 bits per heavy atom. The van der Waals surface area contributed by atoms with E-state index < -0.39 is 5.97 Å². The number of fused-ring (bicyclic) bond motifs is 1. The molecule has 1 atom stereocenters. The maximum atomic E-state index is 13.6. The van der Waals surface area contributed by atoms with Gasteiger partial charge >= 0.3 is 0 Å². The first-order valence-corrected chi connectivity index (χ1v) is 11.3. The maximum absolute atomic E-state index is 13.6. The summed E-state index contributed by atoms with van der Waals surface area (Å²) < 4.78 is 13.6. The first-order valence-electron chi connectivity index (χ1n) is 11.3. The Labute approximate surface area is 198 Å². The molecule has 34 heavy (non-hydrogen) atoms. The summed E-state index contributed by atoms with van der Waals surface area (Å²) >= 11 is 0. The highest BCUT2D eigenvalue weighted by atomic mass is 19.1. The van der Waals surface area contributed by atoms with Crippen molar-refractivity contribution in [3.63, 3.8) is 0 Å². The van der Waals surface area contributed by atoms with E-state index >= 15 is 0 Å². The van der Waals surface area contributed by atoms with E-state index in [1.165, 1.54) is 5.39 Å². The summed E-state index contributed by atoms with van der Waals surface area (Å²) in [6.07, 6.45) is 5.83. The Hall–Kier alpha value is -3.55. The fourth-order valence-electron chi connectivity index (χ4n) is 4.34. The van der Waals surface area contributed by atoms with Gasteiger partial charge < -0.3 is 15.0 Å². The molecule has 0 aliphatic carbocycles. The highest BCUT2D eigenvalue weighted by molar-refractivity contribution is 5.85. The Morgan fingerprint density at radius 2 is 1.68 bits per heavy atom. The number of aliphatic carboxylic acids is 1. The van der Waals surface area contributed by atoms with Gasteiger partial charge in [0.2, 0.25) is 0 Å². The second-order valence-electron chi connectivity index (χ2n) is 8.60. The Balaban J connectivity index is 0.000000636. The van der Waals surface area contributed by atoms with E-state index in [4.69, 9.17) is 9.90 Å². The minimum Gasteiger partial charge on any atom is -0.481 e. The lowest BCUT2D eigenvalue weighted by Crippen LogP contribution is -2.46. The maximum Gasteiger partial charge on any atom is 0.300 e. The molecule has 2 aromatic heterocycles. The number of carbonyl (C=O) groups is 1. The lowest BCUT2D eigenvalue weighted by atomic mass is 9.95. The van der Waals surface area contributed by atoms with Crippen molar-refractivity contribution < 1.29 is 14.3 Å². The number of carboxylic acids is 1. The molecule has 7 heteroatoms. The van der Waals surface area contributed by atoms with Crippen molar-refractivity contribution in [2.45, 2.75) is 13.0 Å². The van der Waals surface area contributed by atoms with Crippen molar-refractivity contribution in [2.24, 2.45) is 0 Å². The molecule has 0 radical (unpaired) electrons. The SMILES string of the molecule is CC(=O)O.CN1CCN(C(c2ccc(F)cc2)c2cncc(-c3ccc4[nH]ccc4c3)c2)CC1. The van der Waals surface area contributed by atoms with Gasteiger partial charge in [0.25, 0.3) is 5.97 Å². The number of piperazine rings is 1. The van der Waals surface area contributed by atoms with Crippen LogP contribution in [0, 0.1) is 5.82 Å². The topological polar surface area (TPSA) is 72.5 Å². The largest absolute Gasteiger partial charge is 0.481 e. The number of nitrogens with one attached hydrogen (secondary N) is 1.